The Labute approximate surface area is 231 Å². The summed E-state index contributed by atoms with van der Waals surface area (Å²) in [5.41, 5.74) is 1.92. The second kappa shape index (κ2) is 11.8. The maximum absolute atomic E-state index is 13.7. The number of fused-ring (bicyclic) bond motifs is 1. The molecule has 2 atom stereocenters. The molecular weight excluding hydrogens is 519 g/mol. The van der Waals surface area contributed by atoms with Crippen LogP contribution in [0.5, 0.6) is 11.5 Å². The summed E-state index contributed by atoms with van der Waals surface area (Å²) in [5, 5.41) is 25.9. The maximum Gasteiger partial charge on any atom is 0.526 e. The monoisotopic (exact) mass is 550 g/mol. The molecule has 0 saturated carbocycles. The fourth-order valence-electron chi connectivity index (χ4n) is 4.94. The predicted octanol–water partition coefficient (Wildman–Crippen LogP) is 1.55. The summed E-state index contributed by atoms with van der Waals surface area (Å²) >= 11 is 0. The Morgan fingerprint density at radius 3 is 2.60 bits per heavy atom. The number of aryl methyl sites for hydroxylation is 1. The van der Waals surface area contributed by atoms with Crippen molar-refractivity contribution in [3.63, 3.8) is 0 Å². The molecule has 40 heavy (non-hydrogen) atoms. The lowest BCUT2D eigenvalue weighted by molar-refractivity contribution is -0.153. The van der Waals surface area contributed by atoms with Crippen LogP contribution in [0.3, 0.4) is 0 Å². The number of anilines is 1. The summed E-state index contributed by atoms with van der Waals surface area (Å²) in [4.78, 5) is 65.6. The van der Waals surface area contributed by atoms with Crippen LogP contribution in [-0.4, -0.2) is 76.2 Å². The van der Waals surface area contributed by atoms with Crippen LogP contribution in [0, 0.1) is 6.92 Å². The van der Waals surface area contributed by atoms with Gasteiger partial charge in [0.15, 0.2) is 5.78 Å². The van der Waals surface area contributed by atoms with E-state index in [1.54, 1.807) is 6.92 Å². The number of amides is 5. The molecule has 1 fully saturated rings. The first-order valence-corrected chi connectivity index (χ1v) is 13.0. The van der Waals surface area contributed by atoms with E-state index in [4.69, 9.17) is 4.65 Å². The highest BCUT2D eigenvalue weighted by molar-refractivity contribution is 6.46. The third kappa shape index (κ3) is 5.94. The number of para-hydroxylation sites is 1. The number of piperazine rings is 1. The summed E-state index contributed by atoms with van der Waals surface area (Å²) in [6, 6.07) is 7.29. The van der Waals surface area contributed by atoms with E-state index in [1.807, 2.05) is 25.1 Å². The molecule has 12 nitrogen and oxygen atoms in total. The third-order valence-corrected chi connectivity index (χ3v) is 7.07. The number of rotatable bonds is 7. The highest BCUT2D eigenvalue weighted by Gasteiger charge is 2.40. The van der Waals surface area contributed by atoms with Gasteiger partial charge in [-0.15, -0.1) is 0 Å². The minimum Gasteiger partial charge on any atom is -0.536 e. The van der Waals surface area contributed by atoms with Crippen LogP contribution in [0.25, 0.3) is 0 Å². The number of benzene rings is 2. The van der Waals surface area contributed by atoms with E-state index in [9.17, 15) is 34.1 Å². The van der Waals surface area contributed by atoms with Crippen molar-refractivity contribution >= 4 is 42.3 Å². The zero-order valence-corrected chi connectivity index (χ0v) is 22.5. The highest BCUT2D eigenvalue weighted by atomic mass is 16.5. The molecule has 2 aliphatic rings. The van der Waals surface area contributed by atoms with Crippen LogP contribution in [-0.2, 0) is 25.6 Å². The van der Waals surface area contributed by atoms with E-state index in [0.717, 1.165) is 16.0 Å². The van der Waals surface area contributed by atoms with Crippen LogP contribution in [0.2, 0.25) is 5.82 Å². The molecule has 13 heteroatoms. The van der Waals surface area contributed by atoms with Gasteiger partial charge >= 0.3 is 25.0 Å². The van der Waals surface area contributed by atoms with E-state index in [2.05, 4.69) is 10.6 Å². The number of urea groups is 1. The van der Waals surface area contributed by atoms with Gasteiger partial charge in [-0.2, -0.15) is 0 Å². The van der Waals surface area contributed by atoms with Crippen LogP contribution < -0.4 is 15.3 Å². The fraction of sp³-hybridized carbons (Fsp3) is 0.370. The number of hydrogen-bond donors (Lipinski definition) is 4. The number of nitrogens with zero attached hydrogens (tertiary/aromatic N) is 2. The molecule has 4 N–H and O–H groups in total. The lowest BCUT2D eigenvalue weighted by Gasteiger charge is -2.33. The first-order valence-electron chi connectivity index (χ1n) is 13.0. The number of carbonyl (C=O) groups excluding carboxylic acids is 5. The Morgan fingerprint density at radius 2 is 1.90 bits per heavy atom. The van der Waals surface area contributed by atoms with E-state index < -0.39 is 48.5 Å². The minimum absolute atomic E-state index is 0.0188. The number of nitrogens with one attached hydrogen (secondary N) is 2. The quantitative estimate of drug-likeness (QED) is 0.229. The molecule has 210 valence electrons. The number of ketones is 1. The van der Waals surface area contributed by atoms with E-state index in [-0.39, 0.29) is 36.5 Å². The van der Waals surface area contributed by atoms with Gasteiger partial charge in [0.2, 0.25) is 5.91 Å². The molecule has 0 bridgehead atoms. The Balaban J connectivity index is 1.61. The van der Waals surface area contributed by atoms with Crippen molar-refractivity contribution in [2.24, 2.45) is 0 Å². The van der Waals surface area contributed by atoms with Crippen molar-refractivity contribution in [1.82, 2.24) is 15.1 Å². The second-order valence-electron chi connectivity index (χ2n) is 9.89. The van der Waals surface area contributed by atoms with Crippen LogP contribution in [0.4, 0.5) is 10.5 Å². The molecular formula is C27H31BN4O8. The lowest BCUT2D eigenvalue weighted by atomic mass is 9.64. The lowest BCUT2D eigenvalue weighted by Crippen LogP contribution is -2.58. The number of aromatic hydroxyl groups is 1. The molecule has 1 unspecified atom stereocenters. The van der Waals surface area contributed by atoms with Crippen molar-refractivity contribution in [2.45, 2.75) is 45.5 Å². The molecule has 2 aliphatic heterocycles. The fourth-order valence-corrected chi connectivity index (χ4v) is 4.94. The van der Waals surface area contributed by atoms with Gasteiger partial charge in [0, 0.05) is 38.8 Å². The van der Waals surface area contributed by atoms with Gasteiger partial charge in [0.25, 0.3) is 0 Å². The van der Waals surface area contributed by atoms with Crippen LogP contribution >= 0.6 is 0 Å². The smallest absolute Gasteiger partial charge is 0.526 e. The van der Waals surface area contributed by atoms with Gasteiger partial charge < -0.3 is 30.3 Å². The van der Waals surface area contributed by atoms with E-state index in [0.29, 0.717) is 18.7 Å². The molecule has 0 aromatic heterocycles. The van der Waals surface area contributed by atoms with Gasteiger partial charge in [-0.1, -0.05) is 24.3 Å². The first kappa shape index (κ1) is 28.6. The number of likely N-dealkylation sites (N-methyl/N-ethyl adjacent to an activating group) is 1. The standard InChI is InChI=1S/C27H31BN4O8/c1-4-31-10-11-32(26(37)25(31)36)27(38)30-23(17-8-9-21(34)20(13-17)29-16(3)33)22(35)14-19-12-18-7-5-6-15(2)24(18)40-28(19)39/h5-9,13,19,23,34,39H,4,10-12,14H2,1-3H3,(H,29,33)(H,30,38)/t19-,23?/m1/s1. The highest BCUT2D eigenvalue weighted by Crippen LogP contribution is 2.37. The zero-order valence-electron chi connectivity index (χ0n) is 22.5. The Kier molecular flexibility index (Phi) is 8.43. The molecule has 4 rings (SSSR count). The molecule has 0 radical (unpaired) electrons. The number of phenols is 1. The first-order chi connectivity index (χ1) is 19.0. The molecule has 0 aliphatic carbocycles. The summed E-state index contributed by atoms with van der Waals surface area (Å²) in [6.07, 6.45) is 0.148. The van der Waals surface area contributed by atoms with Gasteiger partial charge in [-0.25, -0.2) is 4.79 Å². The Hall–Kier alpha value is -4.39. The van der Waals surface area contributed by atoms with Crippen molar-refractivity contribution in [3.8, 4) is 11.5 Å². The van der Waals surface area contributed by atoms with Gasteiger partial charge in [0.05, 0.1) is 5.69 Å². The van der Waals surface area contributed by atoms with Crippen LogP contribution in [0.1, 0.15) is 43.0 Å². The summed E-state index contributed by atoms with van der Waals surface area (Å²) in [5.74, 6) is -3.13. The SMILES string of the molecule is CCN1CCN(C(=O)NC(C(=O)C[C@H]2Cc3cccc(C)c3OB2O)c2ccc(O)c(NC(C)=O)c2)C(=O)C1=O. The summed E-state index contributed by atoms with van der Waals surface area (Å²) in [7, 11) is -1.27. The van der Waals surface area contributed by atoms with Crippen LogP contribution in [0.15, 0.2) is 36.4 Å². The van der Waals surface area contributed by atoms with E-state index >= 15 is 0 Å². The summed E-state index contributed by atoms with van der Waals surface area (Å²) in [6.45, 7) is 5.24. The number of hydrogen-bond acceptors (Lipinski definition) is 8. The van der Waals surface area contributed by atoms with Crippen molar-refractivity contribution < 1.29 is 38.8 Å². The normalized spacial score (nSPS) is 17.6. The molecule has 5 amide bonds. The summed E-state index contributed by atoms with van der Waals surface area (Å²) < 4.78 is 5.70. The molecule has 0 spiro atoms. The number of phenolic OH excluding ortho intramolecular Hbond substituents is 1. The molecule has 1 saturated heterocycles. The largest absolute Gasteiger partial charge is 0.536 e. The van der Waals surface area contributed by atoms with E-state index in [1.165, 1.54) is 30.0 Å². The van der Waals surface area contributed by atoms with Crippen molar-refractivity contribution in [2.75, 3.05) is 25.0 Å². The minimum atomic E-state index is -1.33. The number of Topliss-reactive ketones (excluding diaryl/α,β-unsaturated/α-hetero) is 1. The zero-order chi connectivity index (χ0) is 29.1. The number of carbonyl (C=O) groups is 5. The maximum atomic E-state index is 13.7. The van der Waals surface area contributed by atoms with Gasteiger partial charge in [-0.3, -0.25) is 24.1 Å². The third-order valence-electron chi connectivity index (χ3n) is 7.07. The van der Waals surface area contributed by atoms with Gasteiger partial charge in [-0.05, 0) is 49.1 Å². The molecule has 2 aromatic rings. The van der Waals surface area contributed by atoms with Crippen molar-refractivity contribution in [1.29, 1.82) is 0 Å². The Morgan fingerprint density at radius 1 is 1.15 bits per heavy atom. The number of imide groups is 1. The topological polar surface area (TPSA) is 166 Å². The molecule has 2 aromatic carbocycles. The van der Waals surface area contributed by atoms with Crippen molar-refractivity contribution in [3.05, 3.63) is 53.1 Å². The predicted molar refractivity (Wildman–Crippen MR) is 145 cm³/mol. The second-order valence-corrected chi connectivity index (χ2v) is 9.89. The molecule has 2 heterocycles. The van der Waals surface area contributed by atoms with Gasteiger partial charge in [0.1, 0.15) is 17.5 Å². The average Bonchev–Trinajstić information content (AvgIpc) is 2.90. The average molecular weight is 550 g/mol. The Bertz CT molecular complexity index is 1370.